The van der Waals surface area contributed by atoms with Crippen LogP contribution in [0.2, 0.25) is 10.3 Å². The highest BCUT2D eigenvalue weighted by atomic mass is 35.5. The van der Waals surface area contributed by atoms with Gasteiger partial charge in [-0.05, 0) is 110 Å². The Bertz CT molecular complexity index is 2900. The first kappa shape index (κ1) is 40.7. The topological polar surface area (TPSA) is 169 Å². The van der Waals surface area contributed by atoms with Crippen LogP contribution in [0.25, 0.3) is 44.3 Å². The fraction of sp³-hybridized carbons (Fsp3) is 0.245. The molecule has 16 heteroatoms. The summed E-state index contributed by atoms with van der Waals surface area (Å²) in [6, 6.07) is 27.1. The van der Waals surface area contributed by atoms with E-state index in [1.807, 2.05) is 12.1 Å². The summed E-state index contributed by atoms with van der Waals surface area (Å²) in [6.07, 6.45) is 4.44. The normalized spacial score (nSPS) is 21.5. The highest BCUT2D eigenvalue weighted by molar-refractivity contribution is 6.31. The van der Waals surface area contributed by atoms with E-state index in [1.165, 1.54) is 0 Å². The maximum Gasteiger partial charge on any atom is 0.274 e. The van der Waals surface area contributed by atoms with E-state index in [1.54, 1.807) is 115 Å². The molecule has 2 aliphatic carbocycles. The molecule has 0 unspecified atom stereocenters. The molecule has 6 atom stereocenters. The van der Waals surface area contributed by atoms with Crippen molar-refractivity contribution in [1.82, 2.24) is 24.8 Å². The summed E-state index contributed by atoms with van der Waals surface area (Å²) < 4.78 is 17.2. The predicted molar refractivity (Wildman–Crippen MR) is 244 cm³/mol. The van der Waals surface area contributed by atoms with Gasteiger partial charge in [-0.3, -0.25) is 19.2 Å². The third kappa shape index (κ3) is 7.26. The van der Waals surface area contributed by atoms with Crippen LogP contribution in [0.1, 0.15) is 46.7 Å². The van der Waals surface area contributed by atoms with Crippen molar-refractivity contribution in [2.24, 2.45) is 11.8 Å². The van der Waals surface area contributed by atoms with E-state index in [2.05, 4.69) is 25.6 Å². The Balaban J connectivity index is 0.738. The fourth-order valence-electron chi connectivity index (χ4n) is 9.73. The average Bonchev–Trinajstić information content (AvgIpc) is 4.09. The molecule has 5 heterocycles. The van der Waals surface area contributed by atoms with E-state index in [-0.39, 0.29) is 69.2 Å². The van der Waals surface area contributed by atoms with E-state index in [9.17, 15) is 19.2 Å². The van der Waals surface area contributed by atoms with Crippen LogP contribution in [0.3, 0.4) is 0 Å². The molecule has 4 fully saturated rings. The summed E-state index contributed by atoms with van der Waals surface area (Å²) in [4.78, 5) is 72.3. The molecular formula is C49H39Cl2N7O7. The number of nitrogens with one attached hydrogen (secondary N) is 2. The van der Waals surface area contributed by atoms with Gasteiger partial charge in [0.15, 0.2) is 5.76 Å². The number of hydrogen-bond acceptors (Lipinski definition) is 10. The zero-order valence-electron chi connectivity index (χ0n) is 35.0. The van der Waals surface area contributed by atoms with Crippen molar-refractivity contribution in [1.29, 1.82) is 0 Å². The second-order valence-corrected chi connectivity index (χ2v) is 17.7. The zero-order valence-corrected chi connectivity index (χ0v) is 36.5. The average molecular weight is 909 g/mol. The van der Waals surface area contributed by atoms with Gasteiger partial charge >= 0.3 is 0 Å². The van der Waals surface area contributed by atoms with Gasteiger partial charge in [-0.15, -0.1) is 0 Å². The number of oxazole rings is 1. The monoisotopic (exact) mass is 907 g/mol. The number of halogens is 2. The highest BCUT2D eigenvalue weighted by Gasteiger charge is 2.57. The van der Waals surface area contributed by atoms with E-state index in [0.29, 0.717) is 74.5 Å². The molecule has 7 aromatic rings. The number of piperidine rings is 2. The Kier molecular flexibility index (Phi) is 9.96. The lowest BCUT2D eigenvalue weighted by Gasteiger charge is -2.27. The number of aromatic nitrogens is 3. The van der Waals surface area contributed by atoms with Crippen molar-refractivity contribution in [2.45, 2.75) is 49.9 Å². The second-order valence-electron chi connectivity index (χ2n) is 16.9. The van der Waals surface area contributed by atoms with Crippen LogP contribution in [0.4, 0.5) is 11.4 Å². The third-order valence-corrected chi connectivity index (χ3v) is 13.5. The van der Waals surface area contributed by atoms with Crippen LogP contribution in [0.5, 0.6) is 11.5 Å². The van der Waals surface area contributed by atoms with Crippen molar-refractivity contribution < 1.29 is 33.1 Å². The molecule has 4 aromatic carbocycles. The van der Waals surface area contributed by atoms with Gasteiger partial charge in [0.2, 0.25) is 17.7 Å². The molecule has 0 radical (unpaired) electrons. The van der Waals surface area contributed by atoms with Crippen molar-refractivity contribution >= 4 is 79.8 Å². The summed E-state index contributed by atoms with van der Waals surface area (Å²) in [5.74, 6) is 1.32. The number of ether oxygens (including phenoxy) is 2. The largest absolute Gasteiger partial charge is 0.496 e. The Morgan fingerprint density at radius 3 is 1.54 bits per heavy atom. The number of nitrogens with zero attached hydrogens (tertiary/aromatic N) is 5. The molecule has 0 spiro atoms. The molecular weight excluding hydrogens is 869 g/mol. The van der Waals surface area contributed by atoms with Crippen molar-refractivity contribution in [3.05, 3.63) is 125 Å². The minimum absolute atomic E-state index is 0.0327. The summed E-state index contributed by atoms with van der Waals surface area (Å²) in [5.41, 5.74) is 2.95. The van der Waals surface area contributed by atoms with E-state index in [4.69, 9.17) is 37.1 Å². The van der Waals surface area contributed by atoms with Gasteiger partial charge < -0.3 is 34.3 Å². The summed E-state index contributed by atoms with van der Waals surface area (Å²) >= 11 is 12.8. The van der Waals surface area contributed by atoms with Crippen molar-refractivity contribution in [3.63, 3.8) is 0 Å². The highest BCUT2D eigenvalue weighted by Crippen LogP contribution is 2.50. The van der Waals surface area contributed by atoms with Gasteiger partial charge in [0, 0.05) is 56.1 Å². The molecule has 2 N–H and O–H groups in total. The zero-order chi connectivity index (χ0) is 44.7. The number of hydrogen-bond donors (Lipinski definition) is 2. The SMILES string of the molecule is COc1cccc2c(C(=O)N3[C@H](C(=O)Nc4ccc(-c5cnc(-c6ccc(NC(=O)[C@@H]7C[C@@H]8C[C@@H]8N7C(=O)c7nc(Cl)cc8c(OC)cccc78)cc6)o5)cc4)C[C@@H]4C[C@@H]43)nc(Cl)cc12. The molecule has 326 valence electrons. The van der Waals surface area contributed by atoms with E-state index < -0.39 is 12.1 Å². The first-order valence-electron chi connectivity index (χ1n) is 21.3. The number of fused-ring (bicyclic) bond motifs is 4. The molecule has 2 aliphatic heterocycles. The Morgan fingerprint density at radius 1 is 0.615 bits per heavy atom. The molecule has 3 aromatic heterocycles. The second kappa shape index (κ2) is 15.9. The number of methoxy groups -OCH3 is 2. The molecule has 14 nitrogen and oxygen atoms in total. The quantitative estimate of drug-likeness (QED) is 0.126. The van der Waals surface area contributed by atoms with Crippen LogP contribution in [-0.2, 0) is 9.59 Å². The lowest BCUT2D eigenvalue weighted by molar-refractivity contribution is -0.120. The number of amides is 4. The number of carbonyl (C=O) groups excluding carboxylic acids is 4. The number of carbonyl (C=O) groups is 4. The number of benzene rings is 4. The lowest BCUT2D eigenvalue weighted by Crippen LogP contribution is -2.45. The van der Waals surface area contributed by atoms with Gasteiger partial charge in [0.05, 0.1) is 20.4 Å². The number of pyridine rings is 2. The molecule has 65 heavy (non-hydrogen) atoms. The van der Waals surface area contributed by atoms with Crippen LogP contribution in [0.15, 0.2) is 108 Å². The van der Waals surface area contributed by atoms with E-state index >= 15 is 0 Å². The van der Waals surface area contributed by atoms with Gasteiger partial charge in [-0.1, -0.05) is 47.5 Å². The molecule has 4 amide bonds. The minimum atomic E-state index is -0.669. The van der Waals surface area contributed by atoms with Gasteiger partial charge in [-0.25, -0.2) is 15.0 Å². The first-order valence-corrected chi connectivity index (χ1v) is 22.0. The Hall–Kier alpha value is -7.03. The van der Waals surface area contributed by atoms with Crippen LogP contribution in [0, 0.1) is 11.8 Å². The third-order valence-electron chi connectivity index (χ3n) is 13.1. The maximum atomic E-state index is 14.1. The van der Waals surface area contributed by atoms with Crippen LogP contribution < -0.4 is 20.1 Å². The lowest BCUT2D eigenvalue weighted by atomic mass is 10.1. The first-order chi connectivity index (χ1) is 31.6. The summed E-state index contributed by atoms with van der Waals surface area (Å²) in [5, 5.41) is 8.89. The number of likely N-dealkylation sites (tertiary alicyclic amines) is 2. The predicted octanol–water partition coefficient (Wildman–Crippen LogP) is 8.91. The van der Waals surface area contributed by atoms with Crippen molar-refractivity contribution in [3.8, 4) is 34.3 Å². The molecule has 0 bridgehead atoms. The minimum Gasteiger partial charge on any atom is -0.496 e. The smallest absolute Gasteiger partial charge is 0.274 e. The summed E-state index contributed by atoms with van der Waals surface area (Å²) in [7, 11) is 3.11. The molecule has 4 aliphatic rings. The standard InChI is InChI=1S/C49H39Cl2N7O7/c1-63-38-7-3-5-30-32(38)21-41(50)55-43(30)48(61)57-34-17-26(34)19-36(57)45(59)53-28-13-9-24(10-14-28)40-23-52-47(65-40)25-11-15-29(16-12-25)54-46(60)37-20-27-18-35(27)58(37)49(62)44-31-6-4-8-39(64-2)33(31)22-42(51)56-44/h3-16,21-23,26-27,34-37H,17-20H2,1-2H3,(H,53,59)(H,54,60)/t26-,27-,34-,35-,36-,37-/m0/s1. The van der Waals surface area contributed by atoms with Gasteiger partial charge in [-0.2, -0.15) is 0 Å². The maximum absolute atomic E-state index is 14.1. The Morgan fingerprint density at radius 2 is 1.08 bits per heavy atom. The van der Waals surface area contributed by atoms with Crippen LogP contribution in [-0.4, -0.2) is 86.8 Å². The molecule has 11 rings (SSSR count). The van der Waals surface area contributed by atoms with Gasteiger partial charge in [0.25, 0.3) is 11.8 Å². The Labute approximate surface area is 381 Å². The number of anilines is 2. The van der Waals surface area contributed by atoms with E-state index in [0.717, 1.165) is 18.4 Å². The molecule has 2 saturated heterocycles. The van der Waals surface area contributed by atoms with Crippen molar-refractivity contribution in [2.75, 3.05) is 24.9 Å². The van der Waals surface area contributed by atoms with Crippen LogP contribution >= 0.6 is 23.2 Å². The fourth-order valence-corrected chi connectivity index (χ4v) is 10.1. The van der Waals surface area contributed by atoms with Gasteiger partial charge in [0.1, 0.15) is 45.3 Å². The summed E-state index contributed by atoms with van der Waals surface area (Å²) in [6.45, 7) is 0. The number of rotatable bonds is 10. The molecule has 2 saturated carbocycles.